The van der Waals surface area contributed by atoms with Gasteiger partial charge in [-0.25, -0.2) is 24.2 Å². The summed E-state index contributed by atoms with van der Waals surface area (Å²) in [5.41, 5.74) is 4.56. The number of tetrazole rings is 2. The van der Waals surface area contributed by atoms with Crippen LogP contribution in [-0.4, -0.2) is 114 Å². The van der Waals surface area contributed by atoms with Crippen LogP contribution in [0.2, 0.25) is 0 Å². The number of carbonyl (C=O) groups is 2. The average Bonchev–Trinajstić information content (AvgIpc) is 4.19. The van der Waals surface area contributed by atoms with E-state index in [-0.39, 0.29) is 23.8 Å². The molecule has 10 N–H and O–H groups in total. The highest BCUT2D eigenvalue weighted by Crippen LogP contribution is 2.14. The highest BCUT2D eigenvalue weighted by Gasteiger charge is 2.04. The third kappa shape index (κ3) is 17.0. The maximum atomic E-state index is 11.2. The zero-order valence-corrected chi connectivity index (χ0v) is 40.1. The number of hydrogen-bond donors (Lipinski definition) is 10. The van der Waals surface area contributed by atoms with Crippen molar-refractivity contribution in [3.8, 4) is 11.4 Å². The van der Waals surface area contributed by atoms with Gasteiger partial charge in [-0.1, -0.05) is 63.9 Å². The van der Waals surface area contributed by atoms with Crippen molar-refractivity contribution < 1.29 is 19.1 Å². The number of urea groups is 1. The van der Waals surface area contributed by atoms with E-state index in [1.54, 1.807) is 36.3 Å². The van der Waals surface area contributed by atoms with Gasteiger partial charge in [0.2, 0.25) is 20.2 Å². The number of nitrogens with zero attached hydrogens (tertiary/aromatic N) is 11. The lowest BCUT2D eigenvalue weighted by molar-refractivity contribution is -0.137. The number of H-pyrrole nitrogens is 7. The van der Waals surface area contributed by atoms with Crippen LogP contribution in [0.25, 0.3) is 22.4 Å². The number of imidazole rings is 1. The highest BCUT2D eigenvalue weighted by molar-refractivity contribution is 7.72. The second kappa shape index (κ2) is 26.5. The number of carboxylic acids is 1. The van der Waals surface area contributed by atoms with Gasteiger partial charge in [-0.3, -0.25) is 24.2 Å². The molecule has 2 amide bonds. The molecule has 6 heterocycles. The van der Waals surface area contributed by atoms with Crippen molar-refractivity contribution in [2.24, 2.45) is 7.05 Å². The predicted octanol–water partition coefficient (Wildman–Crippen LogP) is 7.12. The van der Waals surface area contributed by atoms with Crippen LogP contribution in [0.3, 0.4) is 0 Å². The molecule has 0 aliphatic heterocycles. The van der Waals surface area contributed by atoms with Gasteiger partial charge in [0, 0.05) is 31.9 Å². The molecular weight excluding hydrogens is 969 g/mol. The quantitative estimate of drug-likeness (QED) is 0.0710. The lowest BCUT2D eigenvalue weighted by Gasteiger charge is -2.06. The molecule has 30 heteroatoms. The smallest absolute Gasteiger partial charge is 0.318 e. The molecule has 0 fully saturated rings. The van der Waals surface area contributed by atoms with E-state index in [1.165, 1.54) is 9.36 Å². The number of nitrogens with one attached hydrogen (secondary N) is 9. The Morgan fingerprint density at radius 1 is 0.818 bits per heavy atom. The Labute approximate surface area is 403 Å². The first-order valence-corrected chi connectivity index (χ1v) is 21.4. The average molecular weight is 1010 g/mol. The van der Waals surface area contributed by atoms with Crippen LogP contribution in [-0.2, 0) is 24.8 Å². The number of benzene rings is 3. The number of rotatable bonds is 7. The van der Waals surface area contributed by atoms with E-state index in [9.17, 15) is 9.59 Å². The number of carbonyl (C=O) groups excluding carboxylic acids is 1. The third-order valence-electron chi connectivity index (χ3n) is 7.82. The summed E-state index contributed by atoms with van der Waals surface area (Å²) in [5, 5.41) is 48.5. The lowest BCUT2D eigenvalue weighted by Crippen LogP contribution is -2.24. The summed E-state index contributed by atoms with van der Waals surface area (Å²) in [6.07, 6.45) is 2.42. The number of hydrogen-bond acceptors (Lipinski definition) is 16. The summed E-state index contributed by atoms with van der Waals surface area (Å²) in [6, 6.07) is 24.7. The number of fused-ring (bicyclic) bond motifs is 1. The zero-order valence-electron chi connectivity index (χ0n) is 35.2. The number of aromatic nitrogens is 18. The first-order valence-electron chi connectivity index (χ1n) is 18.9. The second-order valence-electron chi connectivity index (χ2n) is 12.6. The van der Waals surface area contributed by atoms with E-state index < -0.39 is 5.97 Å². The van der Waals surface area contributed by atoms with Gasteiger partial charge < -0.3 is 30.1 Å². The molecule has 24 nitrogen and oxygen atoms in total. The van der Waals surface area contributed by atoms with Gasteiger partial charge in [-0.2, -0.15) is 15.5 Å². The summed E-state index contributed by atoms with van der Waals surface area (Å²) in [6.45, 7) is 4.15. The molecule has 0 atom stereocenters. The van der Waals surface area contributed by atoms with Crippen LogP contribution in [0.15, 0.2) is 89.6 Å². The first kappa shape index (κ1) is 51.4. The minimum Gasteiger partial charge on any atom is -0.481 e. The minimum atomic E-state index is -0.874. The molecule has 0 unspecified atom stereocenters. The summed E-state index contributed by atoms with van der Waals surface area (Å²) in [4.78, 5) is 31.4. The molecule has 0 spiro atoms. The Balaban J connectivity index is 0.000000177. The molecule has 0 radical (unpaired) electrons. The number of para-hydroxylation sites is 3. The number of aromatic amines is 7. The van der Waals surface area contributed by atoms with Crippen LogP contribution in [0, 0.1) is 35.6 Å². The summed E-state index contributed by atoms with van der Waals surface area (Å²) in [5.74, 6) is 0.660. The fourth-order valence-corrected chi connectivity index (χ4v) is 6.04. The Morgan fingerprint density at radius 2 is 1.47 bits per heavy atom. The topological polar surface area (TPSA) is 312 Å². The van der Waals surface area contributed by atoms with Gasteiger partial charge in [-0.15, -0.1) is 5.10 Å². The zero-order chi connectivity index (χ0) is 48.0. The number of carboxylic acid groups (broad SMARTS) is 1. The molecule has 0 aliphatic carbocycles. The standard InChI is InChI=1S/C9H10N6OS.C9H9N3S.C7H6N2S.C4H6N4O2S.C4H6N2OS.C3H5N3S/c1-10-8(16)11-6-3-2-4-7(5-6)15-9(17)12-13-14-15;1-7-10-11-9(13)12(7)8-5-3-2-4-6-8;10-7-8-5-3-1-2-4-6(5)9-7;9-3(10)1-2-8-4(11)5-6-7-8;1-2-3-5-6-4(8)7-3;1-6-2-4-3(7)5-6/h2-5H,1H3,(H2,10,11,16)(H,12,14,17);2-6H,1H3,(H,11,13);1-4H,(H2,8,9,10);1-2H2,(H,9,10)(H,5,7,11);2H2,1H3,(H,6,8);2H,1H3,(H,5,7). The van der Waals surface area contributed by atoms with E-state index in [0.717, 1.165) is 34.7 Å². The van der Waals surface area contributed by atoms with E-state index >= 15 is 0 Å². The number of aryl methyl sites for hydroxylation is 4. The maximum Gasteiger partial charge on any atom is 0.318 e. The van der Waals surface area contributed by atoms with Gasteiger partial charge >= 0.3 is 12.0 Å². The van der Waals surface area contributed by atoms with Crippen LogP contribution < -0.4 is 10.6 Å². The Kier molecular flexibility index (Phi) is 20.6. The molecule has 6 aromatic heterocycles. The molecule has 9 aromatic rings. The number of aliphatic carboxylic acids is 1. The van der Waals surface area contributed by atoms with Crippen molar-refractivity contribution in [1.82, 2.24) is 95.4 Å². The van der Waals surface area contributed by atoms with Crippen molar-refractivity contribution in [1.29, 1.82) is 0 Å². The Morgan fingerprint density at radius 3 is 1.94 bits per heavy atom. The Hall–Kier alpha value is -7.25. The molecule has 0 saturated carbocycles. The molecular formula is C36H42N20O4S6. The normalized spacial score (nSPS) is 9.94. The molecule has 0 aliphatic rings. The maximum absolute atomic E-state index is 11.2. The van der Waals surface area contributed by atoms with Crippen molar-refractivity contribution >= 4 is 102 Å². The molecule has 9 rings (SSSR count). The van der Waals surface area contributed by atoms with E-state index in [0.29, 0.717) is 35.5 Å². The fraction of sp³-hybridized carbons (Fsp3) is 0.194. The van der Waals surface area contributed by atoms with Crippen LogP contribution in [0.4, 0.5) is 10.5 Å². The monoisotopic (exact) mass is 1010 g/mol. The van der Waals surface area contributed by atoms with Gasteiger partial charge in [0.05, 0.1) is 29.7 Å². The second-order valence-corrected chi connectivity index (χ2v) is 14.8. The van der Waals surface area contributed by atoms with Crippen molar-refractivity contribution in [3.63, 3.8) is 0 Å². The highest BCUT2D eigenvalue weighted by atomic mass is 32.1. The van der Waals surface area contributed by atoms with E-state index in [1.807, 2.05) is 86.1 Å². The summed E-state index contributed by atoms with van der Waals surface area (Å²) >= 11 is 28.9. The molecule has 0 bridgehead atoms. The van der Waals surface area contributed by atoms with E-state index in [4.69, 9.17) is 58.4 Å². The minimum absolute atomic E-state index is 0.0121. The lowest BCUT2D eigenvalue weighted by atomic mass is 10.3. The van der Waals surface area contributed by atoms with Gasteiger partial charge in [0.15, 0.2) is 9.54 Å². The van der Waals surface area contributed by atoms with Gasteiger partial charge in [0.1, 0.15) is 12.2 Å². The van der Waals surface area contributed by atoms with Crippen LogP contribution in [0.1, 0.15) is 25.1 Å². The third-order valence-corrected chi connectivity index (χ3v) is 9.24. The molecule has 346 valence electrons. The SMILES string of the molecule is CCc1n[nH]c(=S)o1.CNC(=O)Nc1cccc(-n2[nH]nnc2=S)c1.Cc1n[nH]c(=S)n1-c1ccccc1.Cn1cnc(=S)[nH]1.O=C(O)CCn1[nH]nnc1=S.S=c1[nH]c2ccccc2[nH]1. The van der Waals surface area contributed by atoms with E-state index in [2.05, 4.69) is 107 Å². The molecule has 66 heavy (non-hydrogen) atoms. The first-order chi connectivity index (χ1) is 31.7. The Bertz CT molecular complexity index is 3220. The van der Waals surface area contributed by atoms with Gasteiger partial charge in [0.25, 0.3) is 4.84 Å². The summed E-state index contributed by atoms with van der Waals surface area (Å²) in [7, 11) is 3.39. The largest absolute Gasteiger partial charge is 0.481 e. The van der Waals surface area contributed by atoms with Crippen LogP contribution >= 0.6 is 73.3 Å². The van der Waals surface area contributed by atoms with Crippen molar-refractivity contribution in [2.75, 3.05) is 12.4 Å². The fourth-order valence-electron chi connectivity index (χ4n) is 4.84. The van der Waals surface area contributed by atoms with Crippen LogP contribution in [0.5, 0.6) is 0 Å². The molecule has 3 aromatic carbocycles. The molecule has 0 saturated heterocycles. The number of amides is 2. The van der Waals surface area contributed by atoms with Gasteiger partial charge in [-0.05, 0) is 123 Å². The van der Waals surface area contributed by atoms with Crippen molar-refractivity contribution in [2.45, 2.75) is 33.2 Å². The van der Waals surface area contributed by atoms with Crippen molar-refractivity contribution in [3.05, 3.63) is 126 Å². The predicted molar refractivity (Wildman–Crippen MR) is 259 cm³/mol. The number of anilines is 1. The summed E-state index contributed by atoms with van der Waals surface area (Å²) < 4.78 is 13.8.